The zero-order valence-corrected chi connectivity index (χ0v) is 12.3. The van der Waals surface area contributed by atoms with Gasteiger partial charge in [0.25, 0.3) is 0 Å². The van der Waals surface area contributed by atoms with Gasteiger partial charge in [0.15, 0.2) is 0 Å². The van der Waals surface area contributed by atoms with Crippen LogP contribution in [0.3, 0.4) is 0 Å². The summed E-state index contributed by atoms with van der Waals surface area (Å²) in [5.74, 6) is 1.35. The number of ether oxygens (including phenoxy) is 1. The van der Waals surface area contributed by atoms with Crippen molar-refractivity contribution in [1.82, 2.24) is 14.9 Å². The van der Waals surface area contributed by atoms with Gasteiger partial charge in [0.1, 0.15) is 12.4 Å². The zero-order chi connectivity index (χ0) is 14.7. The molecule has 0 spiro atoms. The van der Waals surface area contributed by atoms with Crippen molar-refractivity contribution >= 4 is 16.9 Å². The Morgan fingerprint density at radius 1 is 1.48 bits per heavy atom. The summed E-state index contributed by atoms with van der Waals surface area (Å²) in [6, 6.07) is 7.90. The van der Waals surface area contributed by atoms with Crippen molar-refractivity contribution in [1.29, 1.82) is 0 Å². The molecule has 21 heavy (non-hydrogen) atoms. The monoisotopic (exact) mass is 287 g/mol. The summed E-state index contributed by atoms with van der Waals surface area (Å²) >= 11 is 0. The minimum absolute atomic E-state index is 0.0341. The van der Waals surface area contributed by atoms with Gasteiger partial charge in [-0.05, 0) is 37.8 Å². The van der Waals surface area contributed by atoms with E-state index in [9.17, 15) is 4.79 Å². The molecule has 1 fully saturated rings. The maximum Gasteiger partial charge on any atom is 0.240 e. The standard InChI is InChI=1S/C16H21N3O2/c1-12-18-14-6-2-3-7-15(14)19(12)10-16(20)17-9-13-5-4-8-21-11-13/h2-3,6-7,13H,4-5,8-11H2,1H3,(H,17,20)/t13-/m0/s1. The molecule has 1 N–H and O–H groups in total. The summed E-state index contributed by atoms with van der Waals surface area (Å²) < 4.78 is 7.39. The van der Waals surface area contributed by atoms with Gasteiger partial charge in [-0.3, -0.25) is 4.79 Å². The lowest BCUT2D eigenvalue weighted by Crippen LogP contribution is -2.35. The van der Waals surface area contributed by atoms with E-state index in [0.29, 0.717) is 19.0 Å². The molecular weight excluding hydrogens is 266 g/mol. The van der Waals surface area contributed by atoms with E-state index in [0.717, 1.165) is 42.9 Å². The first-order valence-corrected chi connectivity index (χ1v) is 7.50. The van der Waals surface area contributed by atoms with Crippen LogP contribution in [-0.2, 0) is 16.1 Å². The van der Waals surface area contributed by atoms with Crippen LogP contribution >= 0.6 is 0 Å². The predicted octanol–water partition coefficient (Wildman–Crippen LogP) is 1.89. The van der Waals surface area contributed by atoms with Crippen molar-refractivity contribution in [2.45, 2.75) is 26.3 Å². The largest absolute Gasteiger partial charge is 0.381 e. The lowest BCUT2D eigenvalue weighted by atomic mass is 10.0. The number of hydrogen-bond donors (Lipinski definition) is 1. The quantitative estimate of drug-likeness (QED) is 0.934. The van der Waals surface area contributed by atoms with Crippen LogP contribution in [0.1, 0.15) is 18.7 Å². The number of para-hydroxylation sites is 2. The van der Waals surface area contributed by atoms with Crippen molar-refractivity contribution in [3.63, 3.8) is 0 Å². The summed E-state index contributed by atoms with van der Waals surface area (Å²) in [4.78, 5) is 16.6. The summed E-state index contributed by atoms with van der Waals surface area (Å²) in [6.45, 7) is 4.56. The van der Waals surface area contributed by atoms with Gasteiger partial charge in [-0.15, -0.1) is 0 Å². The number of amides is 1. The molecule has 1 aromatic carbocycles. The Bertz CT molecular complexity index is 629. The third-order valence-electron chi connectivity index (χ3n) is 3.99. The van der Waals surface area contributed by atoms with Gasteiger partial charge in [-0.1, -0.05) is 12.1 Å². The molecule has 1 atom stereocenters. The fourth-order valence-corrected chi connectivity index (χ4v) is 2.82. The van der Waals surface area contributed by atoms with Crippen LogP contribution in [0, 0.1) is 12.8 Å². The smallest absolute Gasteiger partial charge is 0.240 e. The minimum atomic E-state index is 0.0341. The Morgan fingerprint density at radius 2 is 2.33 bits per heavy atom. The van der Waals surface area contributed by atoms with Crippen LogP contribution in [0.15, 0.2) is 24.3 Å². The van der Waals surface area contributed by atoms with Gasteiger partial charge in [0.2, 0.25) is 5.91 Å². The molecule has 1 amide bonds. The molecule has 112 valence electrons. The first-order chi connectivity index (χ1) is 10.2. The molecule has 0 saturated carbocycles. The maximum atomic E-state index is 12.1. The zero-order valence-electron chi connectivity index (χ0n) is 12.3. The molecule has 0 unspecified atom stereocenters. The molecule has 0 radical (unpaired) electrons. The number of imidazole rings is 1. The minimum Gasteiger partial charge on any atom is -0.381 e. The number of nitrogens with zero attached hydrogens (tertiary/aromatic N) is 2. The normalized spacial score (nSPS) is 18.8. The second-order valence-corrected chi connectivity index (χ2v) is 5.62. The van der Waals surface area contributed by atoms with Crippen molar-refractivity contribution in [2.75, 3.05) is 19.8 Å². The highest BCUT2D eigenvalue weighted by molar-refractivity contribution is 5.81. The molecule has 1 aliphatic heterocycles. The third kappa shape index (κ3) is 3.24. The highest BCUT2D eigenvalue weighted by Gasteiger charge is 2.16. The number of carbonyl (C=O) groups excluding carboxylic acids is 1. The number of benzene rings is 1. The van der Waals surface area contributed by atoms with Gasteiger partial charge in [0.05, 0.1) is 17.6 Å². The molecule has 1 aliphatic rings. The van der Waals surface area contributed by atoms with Crippen LogP contribution in [0.5, 0.6) is 0 Å². The van der Waals surface area contributed by atoms with Gasteiger partial charge >= 0.3 is 0 Å². The Labute approximate surface area is 124 Å². The van der Waals surface area contributed by atoms with Crippen LogP contribution < -0.4 is 5.32 Å². The lowest BCUT2D eigenvalue weighted by molar-refractivity contribution is -0.122. The van der Waals surface area contributed by atoms with E-state index in [1.165, 1.54) is 0 Å². The average Bonchev–Trinajstić information content (AvgIpc) is 2.82. The van der Waals surface area contributed by atoms with Crippen LogP contribution in [0.25, 0.3) is 11.0 Å². The Hall–Kier alpha value is -1.88. The van der Waals surface area contributed by atoms with Gasteiger partial charge in [-0.25, -0.2) is 4.98 Å². The van der Waals surface area contributed by atoms with Crippen molar-refractivity contribution in [2.24, 2.45) is 5.92 Å². The SMILES string of the molecule is Cc1nc2ccccc2n1CC(=O)NC[C@@H]1CCCOC1. The van der Waals surface area contributed by atoms with E-state index in [-0.39, 0.29) is 5.91 Å². The third-order valence-corrected chi connectivity index (χ3v) is 3.99. The predicted molar refractivity (Wildman–Crippen MR) is 81.0 cm³/mol. The summed E-state index contributed by atoms with van der Waals surface area (Å²) in [5.41, 5.74) is 1.94. The second kappa shape index (κ2) is 6.26. The molecular formula is C16H21N3O2. The number of hydrogen-bond acceptors (Lipinski definition) is 3. The number of fused-ring (bicyclic) bond motifs is 1. The van der Waals surface area contributed by atoms with E-state index in [1.807, 2.05) is 35.8 Å². The Kier molecular flexibility index (Phi) is 4.20. The first kappa shape index (κ1) is 14.1. The molecule has 1 saturated heterocycles. The Morgan fingerprint density at radius 3 is 3.14 bits per heavy atom. The van der Waals surface area contributed by atoms with Gasteiger partial charge in [-0.2, -0.15) is 0 Å². The van der Waals surface area contributed by atoms with E-state index in [4.69, 9.17) is 4.74 Å². The molecule has 1 aromatic heterocycles. The highest BCUT2D eigenvalue weighted by atomic mass is 16.5. The van der Waals surface area contributed by atoms with Crippen molar-refractivity contribution in [3.05, 3.63) is 30.1 Å². The molecule has 0 bridgehead atoms. The van der Waals surface area contributed by atoms with Crippen LogP contribution in [0.2, 0.25) is 0 Å². The van der Waals surface area contributed by atoms with Crippen LogP contribution in [-0.4, -0.2) is 35.2 Å². The number of rotatable bonds is 4. The number of nitrogens with one attached hydrogen (secondary N) is 1. The second-order valence-electron chi connectivity index (χ2n) is 5.62. The maximum absolute atomic E-state index is 12.1. The molecule has 0 aliphatic carbocycles. The molecule has 3 rings (SSSR count). The van der Waals surface area contributed by atoms with E-state index in [1.54, 1.807) is 0 Å². The van der Waals surface area contributed by atoms with Crippen LogP contribution in [0.4, 0.5) is 0 Å². The molecule has 2 heterocycles. The number of aryl methyl sites for hydroxylation is 1. The number of aromatic nitrogens is 2. The fraction of sp³-hybridized carbons (Fsp3) is 0.500. The summed E-state index contributed by atoms with van der Waals surface area (Å²) in [5, 5.41) is 3.02. The fourth-order valence-electron chi connectivity index (χ4n) is 2.82. The van der Waals surface area contributed by atoms with E-state index < -0.39 is 0 Å². The summed E-state index contributed by atoms with van der Waals surface area (Å²) in [7, 11) is 0. The van der Waals surface area contributed by atoms with Crippen molar-refractivity contribution in [3.8, 4) is 0 Å². The first-order valence-electron chi connectivity index (χ1n) is 7.50. The lowest BCUT2D eigenvalue weighted by Gasteiger charge is -2.22. The van der Waals surface area contributed by atoms with E-state index >= 15 is 0 Å². The van der Waals surface area contributed by atoms with Crippen molar-refractivity contribution < 1.29 is 9.53 Å². The number of carbonyl (C=O) groups is 1. The van der Waals surface area contributed by atoms with Gasteiger partial charge in [0, 0.05) is 13.2 Å². The Balaban J connectivity index is 1.62. The summed E-state index contributed by atoms with van der Waals surface area (Å²) in [6.07, 6.45) is 2.22. The van der Waals surface area contributed by atoms with Gasteiger partial charge < -0.3 is 14.6 Å². The molecule has 5 heteroatoms. The molecule has 5 nitrogen and oxygen atoms in total. The average molecular weight is 287 g/mol. The topological polar surface area (TPSA) is 56.2 Å². The molecule has 2 aromatic rings. The highest BCUT2D eigenvalue weighted by Crippen LogP contribution is 2.15. The van der Waals surface area contributed by atoms with E-state index in [2.05, 4.69) is 10.3 Å².